The van der Waals surface area contributed by atoms with E-state index in [1.165, 1.54) is 0 Å². The molecule has 0 fully saturated rings. The van der Waals surface area contributed by atoms with Gasteiger partial charge in [-0.25, -0.2) is 0 Å². The summed E-state index contributed by atoms with van der Waals surface area (Å²) >= 11 is 0. The lowest BCUT2D eigenvalue weighted by Gasteiger charge is -2.12. The molecule has 0 radical (unpaired) electrons. The lowest BCUT2D eigenvalue weighted by molar-refractivity contribution is 0.0644. The molecule has 1 rings (SSSR count). The van der Waals surface area contributed by atoms with Crippen molar-refractivity contribution >= 4 is 5.84 Å². The number of amidine groups is 1. The molecule has 5 heteroatoms. The highest BCUT2D eigenvalue weighted by Crippen LogP contribution is 2.21. The summed E-state index contributed by atoms with van der Waals surface area (Å²) in [6, 6.07) is 5.29. The van der Waals surface area contributed by atoms with Crippen LogP contribution >= 0.6 is 0 Å². The Bertz CT molecular complexity index is 403. The van der Waals surface area contributed by atoms with Crippen LogP contribution in [0, 0.1) is 0 Å². The Morgan fingerprint density at radius 1 is 1.47 bits per heavy atom. The maximum atomic E-state index is 8.62. The summed E-state index contributed by atoms with van der Waals surface area (Å²) in [4.78, 5) is 0. The molecule has 0 saturated carbocycles. The van der Waals surface area contributed by atoms with Gasteiger partial charge in [0.2, 0.25) is 0 Å². The fraction of sp³-hybridized carbons (Fsp3) is 0.417. The van der Waals surface area contributed by atoms with Crippen LogP contribution in [0.4, 0.5) is 0 Å². The van der Waals surface area contributed by atoms with Crippen LogP contribution in [0.2, 0.25) is 0 Å². The van der Waals surface area contributed by atoms with Gasteiger partial charge in [0.05, 0.1) is 19.8 Å². The summed E-state index contributed by atoms with van der Waals surface area (Å²) in [5.74, 6) is 0.790. The number of hydrogen-bond donors (Lipinski definition) is 2. The van der Waals surface area contributed by atoms with Crippen molar-refractivity contribution in [2.75, 3.05) is 7.11 Å². The van der Waals surface area contributed by atoms with E-state index < -0.39 is 0 Å². The van der Waals surface area contributed by atoms with Crippen LogP contribution in [0.5, 0.6) is 5.75 Å². The SMILES string of the molecule is COc1ccc(/C(N)=N/O)cc1COC(C)C. The van der Waals surface area contributed by atoms with Gasteiger partial charge in [-0.1, -0.05) is 5.16 Å². The predicted octanol–water partition coefficient (Wildman–Crippen LogP) is 1.71. The molecule has 0 amide bonds. The second kappa shape index (κ2) is 6.10. The molecule has 17 heavy (non-hydrogen) atoms. The smallest absolute Gasteiger partial charge is 0.170 e. The van der Waals surface area contributed by atoms with Crippen molar-refractivity contribution in [3.8, 4) is 5.75 Å². The number of rotatable bonds is 5. The molecule has 3 N–H and O–H groups in total. The van der Waals surface area contributed by atoms with Crippen molar-refractivity contribution in [2.24, 2.45) is 10.9 Å². The van der Waals surface area contributed by atoms with Crippen LogP contribution in [-0.4, -0.2) is 24.3 Å². The number of hydrogen-bond acceptors (Lipinski definition) is 4. The number of methoxy groups -OCH3 is 1. The minimum absolute atomic E-state index is 0.0680. The van der Waals surface area contributed by atoms with Crippen molar-refractivity contribution in [2.45, 2.75) is 26.6 Å². The minimum atomic E-state index is 0.0680. The molecule has 0 atom stereocenters. The van der Waals surface area contributed by atoms with E-state index in [0.29, 0.717) is 12.2 Å². The third kappa shape index (κ3) is 3.64. The monoisotopic (exact) mass is 238 g/mol. The van der Waals surface area contributed by atoms with E-state index in [1.807, 2.05) is 13.8 Å². The quantitative estimate of drug-likeness (QED) is 0.354. The van der Waals surface area contributed by atoms with Crippen LogP contribution in [0.15, 0.2) is 23.4 Å². The van der Waals surface area contributed by atoms with Crippen molar-refractivity contribution in [3.63, 3.8) is 0 Å². The Hall–Kier alpha value is -1.75. The number of nitrogens with zero attached hydrogens (tertiary/aromatic N) is 1. The van der Waals surface area contributed by atoms with Gasteiger partial charge < -0.3 is 20.4 Å². The minimum Gasteiger partial charge on any atom is -0.496 e. The Balaban J connectivity index is 2.98. The average Bonchev–Trinajstić information content (AvgIpc) is 2.34. The van der Waals surface area contributed by atoms with Crippen molar-refractivity contribution in [3.05, 3.63) is 29.3 Å². The second-order valence-electron chi connectivity index (χ2n) is 3.87. The van der Waals surface area contributed by atoms with E-state index in [4.69, 9.17) is 20.4 Å². The van der Waals surface area contributed by atoms with Crippen LogP contribution < -0.4 is 10.5 Å². The van der Waals surface area contributed by atoms with Gasteiger partial charge in [-0.2, -0.15) is 0 Å². The highest BCUT2D eigenvalue weighted by molar-refractivity contribution is 5.97. The van der Waals surface area contributed by atoms with Gasteiger partial charge in [-0.3, -0.25) is 0 Å². The highest BCUT2D eigenvalue weighted by atomic mass is 16.5. The third-order valence-corrected chi connectivity index (χ3v) is 2.26. The van der Waals surface area contributed by atoms with Crippen LogP contribution in [-0.2, 0) is 11.3 Å². The predicted molar refractivity (Wildman–Crippen MR) is 65.4 cm³/mol. The standard InChI is InChI=1S/C12H18N2O3/c1-8(2)17-7-10-6-9(12(13)14-15)4-5-11(10)16-3/h4-6,8,15H,7H2,1-3H3,(H2,13,14). The first kappa shape index (κ1) is 13.3. The van der Waals surface area contributed by atoms with E-state index >= 15 is 0 Å². The number of nitrogens with two attached hydrogens (primary N) is 1. The van der Waals surface area contributed by atoms with Crippen molar-refractivity contribution < 1.29 is 14.7 Å². The van der Waals surface area contributed by atoms with Gasteiger partial charge in [0.25, 0.3) is 0 Å². The van der Waals surface area contributed by atoms with Gasteiger partial charge in [0.15, 0.2) is 5.84 Å². The van der Waals surface area contributed by atoms with Crippen molar-refractivity contribution in [1.82, 2.24) is 0 Å². The van der Waals surface area contributed by atoms with Gasteiger partial charge in [-0.05, 0) is 32.0 Å². The maximum absolute atomic E-state index is 8.62. The van der Waals surface area contributed by atoms with E-state index in [2.05, 4.69) is 5.16 Å². The largest absolute Gasteiger partial charge is 0.496 e. The summed E-state index contributed by atoms with van der Waals surface area (Å²) in [6.45, 7) is 4.34. The molecule has 0 spiro atoms. The third-order valence-electron chi connectivity index (χ3n) is 2.26. The molecule has 0 aliphatic carbocycles. The zero-order valence-corrected chi connectivity index (χ0v) is 10.3. The summed E-state index contributed by atoms with van der Waals surface area (Å²) in [6.07, 6.45) is 0.132. The highest BCUT2D eigenvalue weighted by Gasteiger charge is 2.08. The van der Waals surface area contributed by atoms with Crippen molar-refractivity contribution in [1.29, 1.82) is 0 Å². The van der Waals surface area contributed by atoms with E-state index in [0.717, 1.165) is 11.3 Å². The molecule has 1 aromatic carbocycles. The first-order valence-corrected chi connectivity index (χ1v) is 5.35. The zero-order chi connectivity index (χ0) is 12.8. The topological polar surface area (TPSA) is 77.1 Å². The molecular formula is C12H18N2O3. The average molecular weight is 238 g/mol. The zero-order valence-electron chi connectivity index (χ0n) is 10.3. The van der Waals surface area contributed by atoms with Crippen LogP contribution in [0.1, 0.15) is 25.0 Å². The molecule has 94 valence electrons. The molecule has 0 bridgehead atoms. The Morgan fingerprint density at radius 3 is 2.71 bits per heavy atom. The summed E-state index contributed by atoms with van der Waals surface area (Å²) in [5, 5.41) is 11.6. The normalized spacial score (nSPS) is 11.9. The van der Waals surface area contributed by atoms with E-state index in [-0.39, 0.29) is 11.9 Å². The Kier molecular flexibility index (Phi) is 4.78. The first-order valence-electron chi connectivity index (χ1n) is 5.35. The molecular weight excluding hydrogens is 220 g/mol. The maximum Gasteiger partial charge on any atom is 0.170 e. The molecule has 0 aliphatic rings. The summed E-state index contributed by atoms with van der Waals surface area (Å²) < 4.78 is 10.7. The van der Waals surface area contributed by atoms with E-state index in [1.54, 1.807) is 25.3 Å². The Labute approximate surface area is 101 Å². The fourth-order valence-corrected chi connectivity index (χ4v) is 1.36. The number of ether oxygens (including phenoxy) is 2. The molecule has 0 saturated heterocycles. The van der Waals surface area contributed by atoms with Crippen LogP contribution in [0.3, 0.4) is 0 Å². The van der Waals surface area contributed by atoms with E-state index in [9.17, 15) is 0 Å². The lowest BCUT2D eigenvalue weighted by Crippen LogP contribution is -2.14. The van der Waals surface area contributed by atoms with Gasteiger partial charge in [-0.15, -0.1) is 0 Å². The summed E-state index contributed by atoms with van der Waals surface area (Å²) in [7, 11) is 1.59. The number of benzene rings is 1. The fourth-order valence-electron chi connectivity index (χ4n) is 1.36. The van der Waals surface area contributed by atoms with Gasteiger partial charge in [0.1, 0.15) is 5.75 Å². The Morgan fingerprint density at radius 2 is 2.18 bits per heavy atom. The molecule has 5 nitrogen and oxygen atoms in total. The van der Waals surface area contributed by atoms with Gasteiger partial charge >= 0.3 is 0 Å². The molecule has 0 heterocycles. The summed E-state index contributed by atoms with van der Waals surface area (Å²) in [5.41, 5.74) is 7.03. The number of oxime groups is 1. The second-order valence-corrected chi connectivity index (χ2v) is 3.87. The first-order chi connectivity index (χ1) is 8.08. The van der Waals surface area contributed by atoms with Crippen LogP contribution in [0.25, 0.3) is 0 Å². The molecule has 0 aromatic heterocycles. The molecule has 1 aromatic rings. The lowest BCUT2D eigenvalue weighted by atomic mass is 10.1. The van der Waals surface area contributed by atoms with Gasteiger partial charge in [0, 0.05) is 11.1 Å². The molecule has 0 aliphatic heterocycles. The molecule has 0 unspecified atom stereocenters.